The first-order valence-electron chi connectivity index (χ1n) is 5.52. The van der Waals surface area contributed by atoms with Crippen molar-refractivity contribution in [3.8, 4) is 11.5 Å². The Morgan fingerprint density at radius 2 is 1.95 bits per heavy atom. The van der Waals surface area contributed by atoms with Gasteiger partial charge in [0.25, 0.3) is 0 Å². The average Bonchev–Trinajstić information content (AvgIpc) is 2.42. The number of aliphatic hydroxyl groups is 1. The summed E-state index contributed by atoms with van der Waals surface area (Å²) in [5.74, 6) is 0.381. The van der Waals surface area contributed by atoms with Gasteiger partial charge in [-0.1, -0.05) is 33.6 Å². The Balaban J connectivity index is 2.37. The van der Waals surface area contributed by atoms with E-state index in [-0.39, 0.29) is 28.8 Å². The summed E-state index contributed by atoms with van der Waals surface area (Å²) in [5.41, 5.74) is 0.467. The molecule has 0 fully saturated rings. The largest absolute Gasteiger partial charge is 0.449 e. The Kier molecular flexibility index (Phi) is 4.59. The van der Waals surface area contributed by atoms with Crippen molar-refractivity contribution in [2.75, 3.05) is 0 Å². The Morgan fingerprint density at radius 1 is 1.25 bits per heavy atom. The summed E-state index contributed by atoms with van der Waals surface area (Å²) in [6.07, 6.45) is 0. The Bertz CT molecular complexity index is 663. The molecule has 0 aliphatic heterocycles. The Hall–Kier alpha value is -1.63. The van der Waals surface area contributed by atoms with Crippen molar-refractivity contribution in [1.82, 2.24) is 0 Å². The third-order valence-electron chi connectivity index (χ3n) is 2.52. The summed E-state index contributed by atoms with van der Waals surface area (Å²) in [6.45, 7) is -0.140. The quantitative estimate of drug-likeness (QED) is 0.653. The lowest BCUT2D eigenvalue weighted by atomic mass is 10.2. The molecule has 0 unspecified atom stereocenters. The molecule has 0 aliphatic rings. The third-order valence-corrected chi connectivity index (χ3v) is 3.31. The summed E-state index contributed by atoms with van der Waals surface area (Å²) in [6, 6.07) is 9.20. The summed E-state index contributed by atoms with van der Waals surface area (Å²) < 4.78 is 6.06. The highest BCUT2D eigenvalue weighted by Crippen LogP contribution is 2.36. The van der Waals surface area contributed by atoms with Crippen LogP contribution in [0.3, 0.4) is 0 Å². The van der Waals surface area contributed by atoms with Crippen LogP contribution in [-0.2, 0) is 6.61 Å². The number of halogens is 2. The molecule has 104 valence electrons. The first-order valence-corrected chi connectivity index (χ1v) is 6.69. The fraction of sp³-hybridized carbons (Fsp3) is 0.0769. The number of hydrogen-bond acceptors (Lipinski definition) is 4. The fourth-order valence-corrected chi connectivity index (χ4v) is 2.15. The van der Waals surface area contributed by atoms with Gasteiger partial charge in [0.2, 0.25) is 5.75 Å². The van der Waals surface area contributed by atoms with Crippen LogP contribution in [0.4, 0.5) is 5.69 Å². The van der Waals surface area contributed by atoms with Crippen molar-refractivity contribution in [3.05, 3.63) is 61.6 Å². The van der Waals surface area contributed by atoms with E-state index in [0.29, 0.717) is 10.0 Å². The lowest BCUT2D eigenvalue weighted by Crippen LogP contribution is -1.94. The van der Waals surface area contributed by atoms with Crippen LogP contribution in [-0.4, -0.2) is 10.0 Å². The molecular weight excluding hydrogens is 350 g/mol. The van der Waals surface area contributed by atoms with Crippen LogP contribution < -0.4 is 4.74 Å². The summed E-state index contributed by atoms with van der Waals surface area (Å²) in [7, 11) is 0. The highest BCUT2D eigenvalue weighted by atomic mass is 79.9. The van der Waals surface area contributed by atoms with Gasteiger partial charge in [0, 0.05) is 10.5 Å². The van der Waals surface area contributed by atoms with Crippen molar-refractivity contribution in [2.24, 2.45) is 0 Å². The summed E-state index contributed by atoms with van der Waals surface area (Å²) in [5, 5.41) is 20.3. The molecule has 0 radical (unpaired) electrons. The van der Waals surface area contributed by atoms with E-state index >= 15 is 0 Å². The van der Waals surface area contributed by atoms with Gasteiger partial charge in [-0.05, 0) is 29.8 Å². The van der Waals surface area contributed by atoms with Crippen LogP contribution in [0.1, 0.15) is 5.56 Å². The molecule has 2 aromatic carbocycles. The number of nitrogens with zero attached hydrogens (tertiary/aromatic N) is 1. The maximum Gasteiger partial charge on any atom is 0.312 e. The Morgan fingerprint density at radius 3 is 2.55 bits per heavy atom. The van der Waals surface area contributed by atoms with Gasteiger partial charge < -0.3 is 9.84 Å². The zero-order chi connectivity index (χ0) is 14.7. The first kappa shape index (κ1) is 14.8. The van der Waals surface area contributed by atoms with Gasteiger partial charge in [-0.2, -0.15) is 0 Å². The van der Waals surface area contributed by atoms with Crippen molar-refractivity contribution in [1.29, 1.82) is 0 Å². The van der Waals surface area contributed by atoms with Crippen LogP contribution in [0.25, 0.3) is 0 Å². The van der Waals surface area contributed by atoms with E-state index in [0.717, 1.165) is 0 Å². The maximum atomic E-state index is 11.0. The van der Waals surface area contributed by atoms with Gasteiger partial charge in [0.1, 0.15) is 5.75 Å². The third kappa shape index (κ3) is 3.27. The zero-order valence-corrected chi connectivity index (χ0v) is 12.4. The molecule has 0 bridgehead atoms. The van der Waals surface area contributed by atoms with Gasteiger partial charge in [-0.25, -0.2) is 0 Å². The number of rotatable bonds is 4. The second-order valence-corrected chi connectivity index (χ2v) is 5.22. The first-order chi connectivity index (χ1) is 9.51. The molecule has 0 amide bonds. The maximum absolute atomic E-state index is 11.0. The molecule has 5 nitrogen and oxygen atoms in total. The number of hydrogen-bond donors (Lipinski definition) is 1. The second kappa shape index (κ2) is 6.21. The molecule has 0 saturated carbocycles. The normalized spacial score (nSPS) is 10.3. The molecule has 0 aromatic heterocycles. The van der Waals surface area contributed by atoms with E-state index in [2.05, 4.69) is 15.9 Å². The molecule has 0 saturated heterocycles. The highest BCUT2D eigenvalue weighted by Gasteiger charge is 2.17. The topological polar surface area (TPSA) is 72.6 Å². The number of nitro benzene ring substituents is 1. The predicted octanol–water partition coefficient (Wildman–Crippen LogP) is 4.30. The highest BCUT2D eigenvalue weighted by molar-refractivity contribution is 9.10. The standard InChI is InChI=1S/C13H9BrClNO4/c14-9-2-4-13(11(6-9)16(18)19)20-12-3-1-8(7-17)5-10(12)15/h1-6,17H,7H2. The van der Waals surface area contributed by atoms with Gasteiger partial charge in [-0.3, -0.25) is 10.1 Å². The van der Waals surface area contributed by atoms with Crippen LogP contribution in [0.15, 0.2) is 40.9 Å². The number of benzene rings is 2. The average molecular weight is 359 g/mol. The summed E-state index contributed by atoms with van der Waals surface area (Å²) >= 11 is 9.18. The molecule has 1 N–H and O–H groups in total. The molecule has 20 heavy (non-hydrogen) atoms. The Labute approximate surface area is 128 Å². The van der Waals surface area contributed by atoms with E-state index in [4.69, 9.17) is 21.4 Å². The number of aliphatic hydroxyl groups excluding tert-OH is 1. The molecule has 0 heterocycles. The van der Waals surface area contributed by atoms with E-state index in [1.54, 1.807) is 24.3 Å². The molecule has 0 aliphatic carbocycles. The molecule has 7 heteroatoms. The van der Waals surface area contributed by atoms with E-state index in [9.17, 15) is 10.1 Å². The van der Waals surface area contributed by atoms with Crippen molar-refractivity contribution < 1.29 is 14.8 Å². The molecule has 0 atom stereocenters. The zero-order valence-electron chi connectivity index (χ0n) is 10.0. The molecular formula is C13H9BrClNO4. The van der Waals surface area contributed by atoms with Crippen LogP contribution in [0.2, 0.25) is 5.02 Å². The molecule has 2 rings (SSSR count). The number of nitro groups is 1. The minimum Gasteiger partial charge on any atom is -0.449 e. The predicted molar refractivity (Wildman–Crippen MR) is 78.2 cm³/mol. The van der Waals surface area contributed by atoms with Crippen molar-refractivity contribution >= 4 is 33.2 Å². The van der Waals surface area contributed by atoms with E-state index < -0.39 is 4.92 Å². The minimum absolute atomic E-state index is 0.0943. The lowest BCUT2D eigenvalue weighted by molar-refractivity contribution is -0.385. The van der Waals surface area contributed by atoms with Crippen LogP contribution >= 0.6 is 27.5 Å². The van der Waals surface area contributed by atoms with Gasteiger partial charge >= 0.3 is 5.69 Å². The molecule has 2 aromatic rings. The van der Waals surface area contributed by atoms with Gasteiger partial charge in [0.15, 0.2) is 0 Å². The van der Waals surface area contributed by atoms with Gasteiger partial charge in [-0.15, -0.1) is 0 Å². The van der Waals surface area contributed by atoms with Gasteiger partial charge in [0.05, 0.1) is 16.6 Å². The van der Waals surface area contributed by atoms with Crippen LogP contribution in [0, 0.1) is 10.1 Å². The van der Waals surface area contributed by atoms with E-state index in [1.165, 1.54) is 12.1 Å². The monoisotopic (exact) mass is 357 g/mol. The molecule has 0 spiro atoms. The number of ether oxygens (including phenoxy) is 1. The fourth-order valence-electron chi connectivity index (χ4n) is 1.56. The van der Waals surface area contributed by atoms with Crippen LogP contribution in [0.5, 0.6) is 11.5 Å². The smallest absolute Gasteiger partial charge is 0.312 e. The SMILES string of the molecule is O=[N+]([O-])c1cc(Br)ccc1Oc1ccc(CO)cc1Cl. The second-order valence-electron chi connectivity index (χ2n) is 3.89. The van der Waals surface area contributed by atoms with E-state index in [1.807, 2.05) is 0 Å². The summed E-state index contributed by atoms with van der Waals surface area (Å²) in [4.78, 5) is 10.5. The van der Waals surface area contributed by atoms with Crippen molar-refractivity contribution in [3.63, 3.8) is 0 Å². The minimum atomic E-state index is -0.532. The lowest BCUT2D eigenvalue weighted by Gasteiger charge is -2.09. The van der Waals surface area contributed by atoms with Crippen molar-refractivity contribution in [2.45, 2.75) is 6.61 Å².